The molecular formula is C20H21FN4O2. The van der Waals surface area contributed by atoms with Gasteiger partial charge >= 0.3 is 0 Å². The lowest BCUT2D eigenvalue weighted by molar-refractivity contribution is 0.369. The van der Waals surface area contributed by atoms with Crippen molar-refractivity contribution in [3.63, 3.8) is 0 Å². The standard InChI is InChI=1S/C20H21FN4O2/c1-12-9-16-18(20(26)25(12)8-7-24(2)3)17(15(11-22)19(23)27-16)13-5-4-6-14(21)10-13/h4-6,9-10,17H,7-8,23H2,1-3H3/t17-/m1/s1. The number of nitrogens with two attached hydrogens (primary N) is 1. The highest BCUT2D eigenvalue weighted by Crippen LogP contribution is 2.40. The molecule has 7 heteroatoms. The fraction of sp³-hybridized carbons (Fsp3) is 0.300. The van der Waals surface area contributed by atoms with E-state index < -0.39 is 11.7 Å². The van der Waals surface area contributed by atoms with E-state index in [9.17, 15) is 14.4 Å². The second-order valence-electron chi connectivity index (χ2n) is 6.80. The molecule has 1 aromatic carbocycles. The van der Waals surface area contributed by atoms with Crippen molar-refractivity contribution in [3.05, 3.63) is 74.8 Å². The number of likely N-dealkylation sites (N-methyl/N-ethyl adjacent to an activating group) is 1. The highest BCUT2D eigenvalue weighted by Gasteiger charge is 2.34. The highest BCUT2D eigenvalue weighted by atomic mass is 19.1. The largest absolute Gasteiger partial charge is 0.440 e. The number of nitriles is 1. The number of ether oxygens (including phenoxy) is 1. The summed E-state index contributed by atoms with van der Waals surface area (Å²) in [7, 11) is 3.85. The summed E-state index contributed by atoms with van der Waals surface area (Å²) in [6.45, 7) is 2.98. The first kappa shape index (κ1) is 18.7. The Kier molecular flexibility index (Phi) is 5.02. The molecule has 0 spiro atoms. The lowest BCUT2D eigenvalue weighted by atomic mass is 9.84. The molecular weight excluding hydrogens is 347 g/mol. The van der Waals surface area contributed by atoms with E-state index in [4.69, 9.17) is 10.5 Å². The summed E-state index contributed by atoms with van der Waals surface area (Å²) >= 11 is 0. The summed E-state index contributed by atoms with van der Waals surface area (Å²) < 4.78 is 21.1. The molecule has 6 nitrogen and oxygen atoms in total. The molecule has 0 fully saturated rings. The van der Waals surface area contributed by atoms with Gasteiger partial charge < -0.3 is 19.9 Å². The number of hydrogen-bond acceptors (Lipinski definition) is 5. The first-order valence-corrected chi connectivity index (χ1v) is 8.55. The number of benzene rings is 1. The SMILES string of the molecule is Cc1cc2c(c(=O)n1CCN(C)C)[C@H](c1cccc(F)c1)C(C#N)=C(N)O2. The van der Waals surface area contributed by atoms with E-state index in [1.54, 1.807) is 22.8 Å². The van der Waals surface area contributed by atoms with Gasteiger partial charge in [0.1, 0.15) is 23.2 Å². The smallest absolute Gasteiger partial charge is 0.258 e. The number of aromatic nitrogens is 1. The fourth-order valence-electron chi connectivity index (χ4n) is 3.28. The van der Waals surface area contributed by atoms with Gasteiger partial charge in [-0.05, 0) is 38.7 Å². The van der Waals surface area contributed by atoms with Crippen LogP contribution >= 0.6 is 0 Å². The summed E-state index contributed by atoms with van der Waals surface area (Å²) in [6.07, 6.45) is 0. The molecule has 0 saturated heterocycles. The van der Waals surface area contributed by atoms with Crippen LogP contribution in [0.1, 0.15) is 22.7 Å². The molecule has 1 atom stereocenters. The van der Waals surface area contributed by atoms with E-state index in [-0.39, 0.29) is 17.0 Å². The van der Waals surface area contributed by atoms with Gasteiger partial charge in [0.05, 0.1) is 11.5 Å². The minimum atomic E-state index is -0.770. The van der Waals surface area contributed by atoms with Crippen molar-refractivity contribution in [3.8, 4) is 11.8 Å². The molecule has 0 amide bonds. The van der Waals surface area contributed by atoms with Gasteiger partial charge in [0.25, 0.3) is 5.56 Å². The number of fused-ring (bicyclic) bond motifs is 1. The lowest BCUT2D eigenvalue weighted by Crippen LogP contribution is -2.34. The summed E-state index contributed by atoms with van der Waals surface area (Å²) in [4.78, 5) is 15.3. The van der Waals surface area contributed by atoms with E-state index in [0.717, 1.165) is 5.69 Å². The van der Waals surface area contributed by atoms with Crippen LogP contribution in [0.25, 0.3) is 0 Å². The van der Waals surface area contributed by atoms with Gasteiger partial charge in [-0.3, -0.25) is 4.79 Å². The number of aryl methyl sites for hydroxylation is 1. The quantitative estimate of drug-likeness (QED) is 0.893. The number of rotatable bonds is 4. The number of allylic oxidation sites excluding steroid dienone is 1. The lowest BCUT2D eigenvalue weighted by Gasteiger charge is -2.27. The summed E-state index contributed by atoms with van der Waals surface area (Å²) in [5.41, 5.74) is 7.29. The maximum Gasteiger partial charge on any atom is 0.258 e. The van der Waals surface area contributed by atoms with Crippen LogP contribution in [0.4, 0.5) is 4.39 Å². The average Bonchev–Trinajstić information content (AvgIpc) is 2.60. The Morgan fingerprint density at radius 2 is 2.11 bits per heavy atom. The van der Waals surface area contributed by atoms with E-state index in [1.807, 2.05) is 32.0 Å². The number of nitrogens with zero attached hydrogens (tertiary/aromatic N) is 3. The van der Waals surface area contributed by atoms with Gasteiger partial charge in [-0.1, -0.05) is 12.1 Å². The third kappa shape index (κ3) is 3.44. The van der Waals surface area contributed by atoms with Crippen LogP contribution in [0, 0.1) is 24.1 Å². The van der Waals surface area contributed by atoms with Crippen molar-refractivity contribution in [2.24, 2.45) is 5.73 Å². The van der Waals surface area contributed by atoms with Crippen molar-refractivity contribution < 1.29 is 9.13 Å². The third-order valence-electron chi connectivity index (χ3n) is 4.64. The van der Waals surface area contributed by atoms with Crippen LogP contribution in [-0.4, -0.2) is 30.1 Å². The summed E-state index contributed by atoms with van der Waals surface area (Å²) in [5.74, 6) is -0.974. The Morgan fingerprint density at radius 1 is 1.37 bits per heavy atom. The minimum Gasteiger partial charge on any atom is -0.440 e. The predicted octanol–water partition coefficient (Wildman–Crippen LogP) is 2.08. The Hall–Kier alpha value is -3.11. The van der Waals surface area contributed by atoms with Gasteiger partial charge in [-0.15, -0.1) is 0 Å². The number of pyridine rings is 1. The second kappa shape index (κ2) is 7.25. The van der Waals surface area contributed by atoms with E-state index in [2.05, 4.69) is 0 Å². The zero-order valence-electron chi connectivity index (χ0n) is 15.5. The summed E-state index contributed by atoms with van der Waals surface area (Å²) in [6, 6.07) is 9.61. The molecule has 0 bridgehead atoms. The zero-order valence-corrected chi connectivity index (χ0v) is 15.5. The molecule has 0 aliphatic carbocycles. The average molecular weight is 368 g/mol. The maximum atomic E-state index is 13.8. The van der Waals surface area contributed by atoms with E-state index in [1.165, 1.54) is 12.1 Å². The van der Waals surface area contributed by atoms with Crippen molar-refractivity contribution >= 4 is 0 Å². The maximum absolute atomic E-state index is 13.8. The van der Waals surface area contributed by atoms with Gasteiger partial charge in [0, 0.05) is 24.8 Å². The molecule has 2 heterocycles. The molecule has 0 radical (unpaired) electrons. The van der Waals surface area contributed by atoms with Crippen LogP contribution in [0.15, 0.2) is 46.6 Å². The summed E-state index contributed by atoms with van der Waals surface area (Å²) in [5, 5.41) is 9.60. The van der Waals surface area contributed by atoms with E-state index in [0.29, 0.717) is 30.0 Å². The van der Waals surface area contributed by atoms with Crippen molar-refractivity contribution in [2.75, 3.05) is 20.6 Å². The molecule has 2 aromatic rings. The molecule has 2 N–H and O–H groups in total. The highest BCUT2D eigenvalue weighted by molar-refractivity contribution is 5.55. The zero-order chi connectivity index (χ0) is 19.7. The Balaban J connectivity index is 2.24. The predicted molar refractivity (Wildman–Crippen MR) is 99.7 cm³/mol. The normalized spacial score (nSPS) is 16.1. The van der Waals surface area contributed by atoms with Crippen molar-refractivity contribution in [1.82, 2.24) is 9.47 Å². The fourth-order valence-corrected chi connectivity index (χ4v) is 3.28. The number of hydrogen-bond donors (Lipinski definition) is 1. The van der Waals surface area contributed by atoms with Crippen LogP contribution in [0.5, 0.6) is 5.75 Å². The van der Waals surface area contributed by atoms with Crippen molar-refractivity contribution in [1.29, 1.82) is 5.26 Å². The van der Waals surface area contributed by atoms with Crippen LogP contribution < -0.4 is 16.0 Å². The molecule has 1 aliphatic rings. The first-order valence-electron chi connectivity index (χ1n) is 8.55. The molecule has 27 heavy (non-hydrogen) atoms. The topological polar surface area (TPSA) is 84.3 Å². The Labute approximate surface area is 156 Å². The van der Waals surface area contributed by atoms with Crippen LogP contribution in [0.2, 0.25) is 0 Å². The monoisotopic (exact) mass is 368 g/mol. The first-order chi connectivity index (χ1) is 12.8. The Morgan fingerprint density at radius 3 is 2.74 bits per heavy atom. The van der Waals surface area contributed by atoms with Gasteiger partial charge in [-0.25, -0.2) is 4.39 Å². The molecule has 1 aliphatic heterocycles. The molecule has 140 valence electrons. The van der Waals surface area contributed by atoms with Crippen molar-refractivity contribution in [2.45, 2.75) is 19.4 Å². The molecule has 0 saturated carbocycles. The van der Waals surface area contributed by atoms with Crippen LogP contribution in [-0.2, 0) is 6.54 Å². The van der Waals surface area contributed by atoms with E-state index >= 15 is 0 Å². The van der Waals surface area contributed by atoms with Gasteiger partial charge in [0.15, 0.2) is 0 Å². The Bertz CT molecular complexity index is 1020. The minimum absolute atomic E-state index is 0.0656. The van der Waals surface area contributed by atoms with Crippen LogP contribution in [0.3, 0.4) is 0 Å². The molecule has 3 rings (SSSR count). The van der Waals surface area contributed by atoms with Gasteiger partial charge in [-0.2, -0.15) is 5.26 Å². The second-order valence-corrected chi connectivity index (χ2v) is 6.80. The molecule has 1 aromatic heterocycles. The number of halogens is 1. The van der Waals surface area contributed by atoms with Gasteiger partial charge in [0.2, 0.25) is 5.88 Å². The third-order valence-corrected chi connectivity index (χ3v) is 4.64. The molecule has 0 unspecified atom stereocenters.